The summed E-state index contributed by atoms with van der Waals surface area (Å²) in [5.74, 6) is 0. The second-order valence-electron chi connectivity index (χ2n) is 5.24. The highest BCUT2D eigenvalue weighted by Gasteiger charge is 2.35. The van der Waals surface area contributed by atoms with E-state index >= 15 is 0 Å². The topological polar surface area (TPSA) is 67.5 Å². The lowest BCUT2D eigenvalue weighted by molar-refractivity contribution is -0.0557. The van der Waals surface area contributed by atoms with Gasteiger partial charge in [-0.1, -0.05) is 24.7 Å². The number of hydrogen-bond donors (Lipinski definition) is 1. The lowest BCUT2D eigenvalue weighted by atomic mass is 10.0. The molecule has 106 valence electrons. The highest BCUT2D eigenvalue weighted by atomic mass is 32.1. The second-order valence-corrected chi connectivity index (χ2v) is 6.23. The molecule has 7 heteroatoms. The van der Waals surface area contributed by atoms with Gasteiger partial charge in [0.15, 0.2) is 0 Å². The van der Waals surface area contributed by atoms with E-state index in [1.165, 1.54) is 24.2 Å². The Balaban J connectivity index is 1.67. The molecule has 3 rings (SSSR count). The average Bonchev–Trinajstić information content (AvgIpc) is 2.86. The molecule has 2 aliphatic rings. The summed E-state index contributed by atoms with van der Waals surface area (Å²) in [5.41, 5.74) is 5.66. The molecule has 2 N–H and O–H groups in total. The smallest absolute Gasteiger partial charge is 0.210 e. The molecule has 0 bridgehead atoms. The summed E-state index contributed by atoms with van der Waals surface area (Å²) in [7, 11) is 0. The Morgan fingerprint density at radius 2 is 2.26 bits per heavy atom. The molecule has 2 atom stereocenters. The third kappa shape index (κ3) is 2.68. The summed E-state index contributed by atoms with van der Waals surface area (Å²) < 4.78 is 5.77. The van der Waals surface area contributed by atoms with Crippen molar-refractivity contribution in [2.24, 2.45) is 0 Å². The van der Waals surface area contributed by atoms with Crippen molar-refractivity contribution in [2.75, 3.05) is 43.5 Å². The van der Waals surface area contributed by atoms with Crippen LogP contribution in [0.5, 0.6) is 0 Å². The molecular weight excluding hydrogens is 262 g/mol. The van der Waals surface area contributed by atoms with Gasteiger partial charge < -0.3 is 15.4 Å². The number of anilines is 2. The van der Waals surface area contributed by atoms with Crippen LogP contribution in [0.4, 0.5) is 10.3 Å². The zero-order chi connectivity index (χ0) is 13.2. The van der Waals surface area contributed by atoms with Gasteiger partial charge in [-0.15, -0.1) is 10.2 Å². The van der Waals surface area contributed by atoms with E-state index in [0.29, 0.717) is 17.2 Å². The zero-order valence-corrected chi connectivity index (χ0v) is 12.1. The first-order chi connectivity index (χ1) is 9.28. The Labute approximate surface area is 117 Å². The molecule has 1 aromatic rings. The van der Waals surface area contributed by atoms with Gasteiger partial charge >= 0.3 is 0 Å². The number of hydrogen-bond acceptors (Lipinski definition) is 7. The lowest BCUT2D eigenvalue weighted by Gasteiger charge is -2.47. The minimum Gasteiger partial charge on any atom is -0.378 e. The molecule has 6 nitrogen and oxygen atoms in total. The van der Waals surface area contributed by atoms with E-state index in [-0.39, 0.29) is 0 Å². The fourth-order valence-electron chi connectivity index (χ4n) is 3.04. The molecule has 0 saturated carbocycles. The second kappa shape index (κ2) is 5.60. The summed E-state index contributed by atoms with van der Waals surface area (Å²) >= 11 is 1.47. The van der Waals surface area contributed by atoms with Gasteiger partial charge in [-0.25, -0.2) is 0 Å². The SMILES string of the molecule is CCC[C@H]1COC[C@H]2CN(c3nnc(N)s3)CCN12. The van der Waals surface area contributed by atoms with Gasteiger partial charge in [0.25, 0.3) is 0 Å². The monoisotopic (exact) mass is 283 g/mol. The minimum absolute atomic E-state index is 0.476. The molecular formula is C12H21N5OS. The van der Waals surface area contributed by atoms with Gasteiger partial charge in [0.1, 0.15) is 0 Å². The Hall–Kier alpha value is -0.920. The molecule has 2 aliphatic heterocycles. The quantitative estimate of drug-likeness (QED) is 0.885. The predicted octanol–water partition coefficient (Wildman–Crippen LogP) is 0.810. The van der Waals surface area contributed by atoms with Crippen LogP contribution in [0.3, 0.4) is 0 Å². The number of fused-ring (bicyclic) bond motifs is 1. The van der Waals surface area contributed by atoms with Crippen molar-refractivity contribution in [3.8, 4) is 0 Å². The third-order valence-corrected chi connectivity index (χ3v) is 4.75. The molecule has 0 spiro atoms. The van der Waals surface area contributed by atoms with E-state index < -0.39 is 0 Å². The van der Waals surface area contributed by atoms with Crippen molar-refractivity contribution in [1.82, 2.24) is 15.1 Å². The van der Waals surface area contributed by atoms with E-state index in [0.717, 1.165) is 38.0 Å². The standard InChI is InChI=1S/C12H21N5OS/c1-2-3-9-7-18-8-10-6-16(4-5-17(9)10)12-15-14-11(13)19-12/h9-10H,2-8H2,1H3,(H2,13,14)/t9-,10+/m0/s1. The molecule has 0 aliphatic carbocycles. The van der Waals surface area contributed by atoms with Crippen molar-refractivity contribution in [3.63, 3.8) is 0 Å². The first kappa shape index (κ1) is 13.1. The van der Waals surface area contributed by atoms with E-state index in [1.54, 1.807) is 0 Å². The summed E-state index contributed by atoms with van der Waals surface area (Å²) in [5, 5.41) is 9.52. The maximum absolute atomic E-state index is 5.77. The summed E-state index contributed by atoms with van der Waals surface area (Å²) in [6, 6.07) is 1.06. The van der Waals surface area contributed by atoms with Crippen LogP contribution in [0.1, 0.15) is 19.8 Å². The Morgan fingerprint density at radius 1 is 1.37 bits per heavy atom. The van der Waals surface area contributed by atoms with Crippen LogP contribution >= 0.6 is 11.3 Å². The van der Waals surface area contributed by atoms with Crippen LogP contribution in [0.2, 0.25) is 0 Å². The van der Waals surface area contributed by atoms with E-state index in [4.69, 9.17) is 10.5 Å². The van der Waals surface area contributed by atoms with Gasteiger partial charge in [0.2, 0.25) is 10.3 Å². The van der Waals surface area contributed by atoms with Crippen molar-refractivity contribution in [3.05, 3.63) is 0 Å². The number of nitrogen functional groups attached to an aromatic ring is 1. The molecule has 2 fully saturated rings. The van der Waals surface area contributed by atoms with Crippen LogP contribution < -0.4 is 10.6 Å². The maximum Gasteiger partial charge on any atom is 0.210 e. The molecule has 2 saturated heterocycles. The van der Waals surface area contributed by atoms with Gasteiger partial charge in [-0.2, -0.15) is 0 Å². The number of nitrogens with zero attached hydrogens (tertiary/aromatic N) is 4. The van der Waals surface area contributed by atoms with Crippen molar-refractivity contribution in [2.45, 2.75) is 31.8 Å². The van der Waals surface area contributed by atoms with Crippen molar-refractivity contribution >= 4 is 21.6 Å². The largest absolute Gasteiger partial charge is 0.378 e. The molecule has 0 unspecified atom stereocenters. The zero-order valence-electron chi connectivity index (χ0n) is 11.3. The summed E-state index contributed by atoms with van der Waals surface area (Å²) in [6.07, 6.45) is 2.44. The average molecular weight is 283 g/mol. The predicted molar refractivity (Wildman–Crippen MR) is 76.5 cm³/mol. The van der Waals surface area contributed by atoms with Crippen molar-refractivity contribution < 1.29 is 4.74 Å². The minimum atomic E-state index is 0.476. The number of nitrogens with two attached hydrogens (primary N) is 1. The van der Waals surface area contributed by atoms with Crippen LogP contribution in [0.15, 0.2) is 0 Å². The number of ether oxygens (including phenoxy) is 1. The van der Waals surface area contributed by atoms with E-state index in [2.05, 4.69) is 26.9 Å². The number of morpholine rings is 1. The fraction of sp³-hybridized carbons (Fsp3) is 0.833. The Kier molecular flexibility index (Phi) is 3.86. The van der Waals surface area contributed by atoms with Gasteiger partial charge in [0, 0.05) is 25.7 Å². The third-order valence-electron chi connectivity index (χ3n) is 3.94. The van der Waals surface area contributed by atoms with Crippen molar-refractivity contribution in [1.29, 1.82) is 0 Å². The molecule has 3 heterocycles. The van der Waals surface area contributed by atoms with Gasteiger partial charge in [-0.3, -0.25) is 4.90 Å². The van der Waals surface area contributed by atoms with E-state index in [9.17, 15) is 0 Å². The number of rotatable bonds is 3. The lowest BCUT2D eigenvalue weighted by Crippen LogP contribution is -2.62. The van der Waals surface area contributed by atoms with Crippen LogP contribution in [0, 0.1) is 0 Å². The highest BCUT2D eigenvalue weighted by Crippen LogP contribution is 2.27. The first-order valence-corrected chi connectivity index (χ1v) is 7.77. The maximum atomic E-state index is 5.77. The molecule has 1 aromatic heterocycles. The summed E-state index contributed by atoms with van der Waals surface area (Å²) in [4.78, 5) is 4.90. The molecule has 0 amide bonds. The normalized spacial score (nSPS) is 28.4. The van der Waals surface area contributed by atoms with Crippen LogP contribution in [0.25, 0.3) is 0 Å². The van der Waals surface area contributed by atoms with Crippen LogP contribution in [-0.2, 0) is 4.74 Å². The Morgan fingerprint density at radius 3 is 3.00 bits per heavy atom. The molecule has 0 radical (unpaired) electrons. The Bertz CT molecular complexity index is 424. The van der Waals surface area contributed by atoms with Crippen LogP contribution in [-0.4, -0.2) is 60.0 Å². The summed E-state index contributed by atoms with van der Waals surface area (Å²) in [6.45, 7) is 7.00. The van der Waals surface area contributed by atoms with Gasteiger partial charge in [0.05, 0.1) is 19.3 Å². The molecule has 0 aromatic carbocycles. The van der Waals surface area contributed by atoms with Gasteiger partial charge in [-0.05, 0) is 6.42 Å². The molecule has 19 heavy (non-hydrogen) atoms. The number of aromatic nitrogens is 2. The highest BCUT2D eigenvalue weighted by molar-refractivity contribution is 7.18. The number of piperazine rings is 1. The van der Waals surface area contributed by atoms with E-state index in [1.807, 2.05) is 0 Å². The fourth-order valence-corrected chi connectivity index (χ4v) is 3.69. The first-order valence-electron chi connectivity index (χ1n) is 6.95.